The zero-order valence-electron chi connectivity index (χ0n) is 13.5. The molecule has 3 rings (SSSR count). The van der Waals surface area contributed by atoms with Gasteiger partial charge in [-0.3, -0.25) is 9.59 Å². The molecule has 1 aromatic carbocycles. The van der Waals surface area contributed by atoms with Crippen LogP contribution in [0, 0.1) is 5.92 Å². The van der Waals surface area contributed by atoms with E-state index >= 15 is 0 Å². The van der Waals surface area contributed by atoms with Gasteiger partial charge in [0.05, 0.1) is 16.7 Å². The lowest BCUT2D eigenvalue weighted by Crippen LogP contribution is -2.47. The van der Waals surface area contributed by atoms with Gasteiger partial charge in [-0.15, -0.1) is 0 Å². The highest BCUT2D eigenvalue weighted by molar-refractivity contribution is 6.42. The number of benzene rings is 1. The van der Waals surface area contributed by atoms with Crippen LogP contribution in [-0.4, -0.2) is 52.7 Å². The molecule has 2 amide bonds. The first-order valence-corrected chi connectivity index (χ1v) is 9.02. The summed E-state index contributed by atoms with van der Waals surface area (Å²) in [5.41, 5.74) is 0.567. The number of hydrogen-bond acceptors (Lipinski definition) is 4. The van der Waals surface area contributed by atoms with Gasteiger partial charge in [-0.2, -0.15) is 0 Å². The Morgan fingerprint density at radius 1 is 1.32 bits per heavy atom. The second-order valence-corrected chi connectivity index (χ2v) is 7.36. The number of phenols is 1. The van der Waals surface area contributed by atoms with Gasteiger partial charge in [0.1, 0.15) is 5.75 Å². The number of piperidine rings is 1. The monoisotopic (exact) mass is 386 g/mol. The van der Waals surface area contributed by atoms with Crippen molar-refractivity contribution in [2.45, 2.75) is 31.2 Å². The third kappa shape index (κ3) is 3.57. The Kier molecular flexibility index (Phi) is 5.41. The lowest BCUT2D eigenvalue weighted by Gasteiger charge is -2.33. The molecule has 8 heteroatoms. The van der Waals surface area contributed by atoms with E-state index in [1.807, 2.05) is 0 Å². The second-order valence-electron chi connectivity index (χ2n) is 6.58. The molecule has 6 nitrogen and oxygen atoms in total. The molecule has 0 radical (unpaired) electrons. The lowest BCUT2D eigenvalue weighted by molar-refractivity contribution is -0.141. The molecule has 0 aromatic heterocycles. The number of nitrogens with one attached hydrogen (secondary N) is 1. The molecule has 2 fully saturated rings. The van der Waals surface area contributed by atoms with Gasteiger partial charge in [-0.1, -0.05) is 23.2 Å². The van der Waals surface area contributed by atoms with Gasteiger partial charge < -0.3 is 20.4 Å². The number of carbonyl (C=O) groups is 2. The maximum absolute atomic E-state index is 12.5. The molecule has 0 aliphatic carbocycles. The van der Waals surface area contributed by atoms with Crippen LogP contribution < -0.4 is 5.32 Å². The minimum atomic E-state index is -0.387. The third-order valence-corrected chi connectivity index (χ3v) is 5.83. The maximum Gasteiger partial charge on any atom is 0.223 e. The topological polar surface area (TPSA) is 89.9 Å². The highest BCUT2D eigenvalue weighted by atomic mass is 35.5. The molecule has 0 bridgehead atoms. The first-order chi connectivity index (χ1) is 11.9. The summed E-state index contributed by atoms with van der Waals surface area (Å²) in [6.07, 6.45) is 1.36. The highest BCUT2D eigenvalue weighted by Crippen LogP contribution is 2.45. The van der Waals surface area contributed by atoms with Crippen molar-refractivity contribution in [3.05, 3.63) is 27.7 Å². The average molecular weight is 387 g/mol. The second kappa shape index (κ2) is 7.40. The number of rotatable bonds is 4. The van der Waals surface area contributed by atoms with E-state index in [0.29, 0.717) is 35.0 Å². The molecule has 1 unspecified atom stereocenters. The fourth-order valence-electron chi connectivity index (χ4n) is 3.86. The average Bonchev–Trinajstić information content (AvgIpc) is 3.00. The SMILES string of the molecule is O=C(NCCO)C1CC(=O)N2C[C@@H](c3c(O)ccc(Cl)c3Cl)C[C@H]2C1. The molecule has 0 spiro atoms. The van der Waals surface area contributed by atoms with E-state index < -0.39 is 0 Å². The van der Waals surface area contributed by atoms with Gasteiger partial charge in [0.2, 0.25) is 11.8 Å². The molecule has 2 aliphatic rings. The van der Waals surface area contributed by atoms with E-state index in [0.717, 1.165) is 0 Å². The van der Waals surface area contributed by atoms with Crippen LogP contribution in [0.1, 0.15) is 30.7 Å². The van der Waals surface area contributed by atoms with Crippen molar-refractivity contribution in [2.24, 2.45) is 5.92 Å². The Labute approximate surface area is 155 Å². The minimum Gasteiger partial charge on any atom is -0.508 e. The van der Waals surface area contributed by atoms with Crippen molar-refractivity contribution in [1.29, 1.82) is 0 Å². The molecular weight excluding hydrogens is 367 g/mol. The number of aliphatic hydroxyl groups excluding tert-OH is 1. The van der Waals surface area contributed by atoms with Gasteiger partial charge in [-0.25, -0.2) is 0 Å². The summed E-state index contributed by atoms with van der Waals surface area (Å²) >= 11 is 12.3. The molecule has 0 saturated carbocycles. The molecular formula is C17H20Cl2N2O4. The lowest BCUT2D eigenvalue weighted by atomic mass is 9.88. The molecule has 3 N–H and O–H groups in total. The van der Waals surface area contributed by atoms with Crippen LogP contribution in [0.2, 0.25) is 10.0 Å². The van der Waals surface area contributed by atoms with Crippen molar-refractivity contribution in [3.63, 3.8) is 0 Å². The molecule has 2 aliphatic heterocycles. The van der Waals surface area contributed by atoms with Crippen molar-refractivity contribution >= 4 is 35.0 Å². The Morgan fingerprint density at radius 2 is 2.08 bits per heavy atom. The van der Waals surface area contributed by atoms with Crippen molar-refractivity contribution in [1.82, 2.24) is 10.2 Å². The summed E-state index contributed by atoms with van der Waals surface area (Å²) in [6, 6.07) is 2.98. The fourth-order valence-corrected chi connectivity index (χ4v) is 4.34. The summed E-state index contributed by atoms with van der Waals surface area (Å²) in [4.78, 5) is 26.4. The van der Waals surface area contributed by atoms with E-state index in [-0.39, 0.29) is 55.0 Å². The Hall–Kier alpha value is -1.50. The summed E-state index contributed by atoms with van der Waals surface area (Å²) in [7, 11) is 0. The van der Waals surface area contributed by atoms with E-state index in [9.17, 15) is 14.7 Å². The number of hydrogen-bond donors (Lipinski definition) is 3. The molecule has 2 heterocycles. The summed E-state index contributed by atoms with van der Waals surface area (Å²) < 4.78 is 0. The summed E-state index contributed by atoms with van der Waals surface area (Å²) in [6.45, 7) is 0.519. The number of amides is 2. The molecule has 25 heavy (non-hydrogen) atoms. The predicted molar refractivity (Wildman–Crippen MR) is 93.8 cm³/mol. The number of phenolic OH excluding ortho intramolecular Hbond substituents is 1. The number of carbonyl (C=O) groups excluding carboxylic acids is 2. The van der Waals surface area contributed by atoms with Crippen LogP contribution in [0.25, 0.3) is 0 Å². The third-order valence-electron chi connectivity index (χ3n) is 5.01. The number of halogens is 2. The van der Waals surface area contributed by atoms with Gasteiger partial charge in [-0.05, 0) is 25.0 Å². The number of nitrogens with zero attached hydrogens (tertiary/aromatic N) is 1. The Balaban J connectivity index is 1.76. The Morgan fingerprint density at radius 3 is 2.80 bits per heavy atom. The van der Waals surface area contributed by atoms with Crippen molar-refractivity contribution in [2.75, 3.05) is 19.7 Å². The summed E-state index contributed by atoms with van der Waals surface area (Å²) in [5, 5.41) is 22.3. The largest absolute Gasteiger partial charge is 0.508 e. The minimum absolute atomic E-state index is 0.0643. The maximum atomic E-state index is 12.5. The van der Waals surface area contributed by atoms with E-state index in [4.69, 9.17) is 28.3 Å². The van der Waals surface area contributed by atoms with Crippen LogP contribution in [0.15, 0.2) is 12.1 Å². The zero-order valence-corrected chi connectivity index (χ0v) is 15.1. The van der Waals surface area contributed by atoms with Gasteiger partial charge in [0, 0.05) is 43.0 Å². The van der Waals surface area contributed by atoms with E-state index in [2.05, 4.69) is 5.32 Å². The van der Waals surface area contributed by atoms with Crippen LogP contribution in [0.4, 0.5) is 0 Å². The standard InChI is InChI=1S/C17H20Cl2N2O4/c18-12-1-2-13(23)15(16(12)19)10-6-11-5-9(17(25)20-3-4-22)7-14(24)21(11)8-10/h1-2,9-11,22-23H,3-8H2,(H,20,25)/t9?,10-,11+/m0/s1. The van der Waals surface area contributed by atoms with E-state index in [1.54, 1.807) is 4.90 Å². The Bertz CT molecular complexity index is 697. The highest BCUT2D eigenvalue weighted by Gasteiger charge is 2.44. The smallest absolute Gasteiger partial charge is 0.223 e. The van der Waals surface area contributed by atoms with E-state index in [1.165, 1.54) is 12.1 Å². The first kappa shape index (κ1) is 18.3. The van der Waals surface area contributed by atoms with Gasteiger partial charge in [0.15, 0.2) is 0 Å². The molecule has 1 aromatic rings. The van der Waals surface area contributed by atoms with Crippen LogP contribution in [0.3, 0.4) is 0 Å². The number of aliphatic hydroxyl groups is 1. The summed E-state index contributed by atoms with van der Waals surface area (Å²) in [5.74, 6) is -0.694. The van der Waals surface area contributed by atoms with Crippen LogP contribution in [-0.2, 0) is 9.59 Å². The molecule has 2 saturated heterocycles. The van der Waals surface area contributed by atoms with Crippen molar-refractivity contribution in [3.8, 4) is 5.75 Å². The predicted octanol–water partition coefficient (Wildman–Crippen LogP) is 1.90. The number of aromatic hydroxyl groups is 1. The quantitative estimate of drug-likeness (QED) is 0.736. The van der Waals surface area contributed by atoms with Crippen molar-refractivity contribution < 1.29 is 19.8 Å². The van der Waals surface area contributed by atoms with Crippen LogP contribution in [0.5, 0.6) is 5.75 Å². The molecule has 136 valence electrons. The van der Waals surface area contributed by atoms with Gasteiger partial charge in [0.25, 0.3) is 0 Å². The first-order valence-electron chi connectivity index (χ1n) is 8.27. The van der Waals surface area contributed by atoms with Gasteiger partial charge >= 0.3 is 0 Å². The number of fused-ring (bicyclic) bond motifs is 1. The molecule has 3 atom stereocenters. The van der Waals surface area contributed by atoms with Crippen LogP contribution >= 0.6 is 23.2 Å². The zero-order chi connectivity index (χ0) is 18.1. The normalized spacial score (nSPS) is 25.8. The fraction of sp³-hybridized carbons (Fsp3) is 0.529.